The van der Waals surface area contributed by atoms with Gasteiger partial charge in [-0.05, 0) is 30.9 Å². The molecule has 1 aliphatic heterocycles. The molecule has 7 heteroatoms. The van der Waals surface area contributed by atoms with Crippen LogP contribution in [0.15, 0.2) is 39.6 Å². The van der Waals surface area contributed by atoms with E-state index in [9.17, 15) is 14.0 Å². The van der Waals surface area contributed by atoms with Gasteiger partial charge in [0.1, 0.15) is 11.6 Å². The predicted molar refractivity (Wildman–Crippen MR) is 83.7 cm³/mol. The fourth-order valence-electron chi connectivity index (χ4n) is 3.17. The van der Waals surface area contributed by atoms with Crippen molar-refractivity contribution in [3.63, 3.8) is 0 Å². The summed E-state index contributed by atoms with van der Waals surface area (Å²) < 4.78 is 19.2. The van der Waals surface area contributed by atoms with Gasteiger partial charge in [0, 0.05) is 25.5 Å². The van der Waals surface area contributed by atoms with Crippen LogP contribution in [-0.2, 0) is 16.1 Å². The van der Waals surface area contributed by atoms with Crippen molar-refractivity contribution in [2.24, 2.45) is 0 Å². The van der Waals surface area contributed by atoms with Gasteiger partial charge >= 0.3 is 5.97 Å². The van der Waals surface area contributed by atoms with Gasteiger partial charge in [-0.2, -0.15) is 5.16 Å². The van der Waals surface area contributed by atoms with Crippen molar-refractivity contribution in [2.45, 2.75) is 38.1 Å². The highest BCUT2D eigenvalue weighted by Crippen LogP contribution is 2.33. The minimum absolute atomic E-state index is 0.0209. The van der Waals surface area contributed by atoms with Crippen LogP contribution in [0, 0.1) is 5.82 Å². The third-order valence-corrected chi connectivity index (χ3v) is 4.27. The van der Waals surface area contributed by atoms with Crippen LogP contribution in [0.1, 0.15) is 37.0 Å². The number of halogens is 1. The molecule has 1 N–H and O–H groups in total. The van der Waals surface area contributed by atoms with E-state index in [1.54, 1.807) is 23.3 Å². The van der Waals surface area contributed by atoms with E-state index in [1.807, 2.05) is 0 Å². The van der Waals surface area contributed by atoms with Crippen LogP contribution in [0.2, 0.25) is 0 Å². The molecule has 1 aromatic heterocycles. The SMILES string of the molecule is CC(=O)ON1CCC(c2cc(=O)[nH]o2)CC1Cc1ccccc1F. The van der Waals surface area contributed by atoms with E-state index in [0.717, 1.165) is 0 Å². The molecular formula is C17H19FN2O4. The van der Waals surface area contributed by atoms with Gasteiger partial charge in [-0.1, -0.05) is 18.2 Å². The summed E-state index contributed by atoms with van der Waals surface area (Å²) >= 11 is 0. The smallest absolute Gasteiger partial charge is 0.322 e. The Balaban J connectivity index is 1.80. The Morgan fingerprint density at radius 1 is 1.46 bits per heavy atom. The lowest BCUT2D eigenvalue weighted by Crippen LogP contribution is -2.44. The standard InChI is InChI=1S/C17H19FN2O4/c1-11(21)24-20-7-6-13(16-10-17(22)19-23-16)9-14(20)8-12-4-2-3-5-15(12)18/h2-5,10,13-14H,6-9H2,1H3,(H,19,22). The summed E-state index contributed by atoms with van der Waals surface area (Å²) in [7, 11) is 0. The number of hydrogen-bond donors (Lipinski definition) is 1. The average molecular weight is 334 g/mol. The van der Waals surface area contributed by atoms with Crippen molar-refractivity contribution >= 4 is 5.97 Å². The molecule has 1 aromatic carbocycles. The molecule has 128 valence electrons. The van der Waals surface area contributed by atoms with Gasteiger partial charge in [-0.3, -0.25) is 9.59 Å². The van der Waals surface area contributed by atoms with Crippen LogP contribution in [0.5, 0.6) is 0 Å². The van der Waals surface area contributed by atoms with Crippen LogP contribution in [-0.4, -0.2) is 28.8 Å². The molecule has 6 nitrogen and oxygen atoms in total. The maximum absolute atomic E-state index is 14.0. The molecule has 0 bridgehead atoms. The summed E-state index contributed by atoms with van der Waals surface area (Å²) in [5.41, 5.74) is 0.286. The number of aromatic nitrogens is 1. The third kappa shape index (κ3) is 3.73. The Hall–Kier alpha value is -2.41. The lowest BCUT2D eigenvalue weighted by atomic mass is 9.87. The van der Waals surface area contributed by atoms with Gasteiger partial charge in [0.05, 0.1) is 6.04 Å². The summed E-state index contributed by atoms with van der Waals surface area (Å²) in [5, 5.41) is 3.90. The molecule has 2 unspecified atom stereocenters. The highest BCUT2D eigenvalue weighted by molar-refractivity contribution is 5.65. The number of carbonyl (C=O) groups excluding carboxylic acids is 1. The minimum Gasteiger partial charge on any atom is -0.383 e. The zero-order chi connectivity index (χ0) is 17.1. The highest BCUT2D eigenvalue weighted by Gasteiger charge is 2.33. The van der Waals surface area contributed by atoms with Gasteiger partial charge < -0.3 is 9.36 Å². The Labute approximate surface area is 138 Å². The van der Waals surface area contributed by atoms with Gasteiger partial charge in [-0.15, -0.1) is 5.06 Å². The zero-order valence-corrected chi connectivity index (χ0v) is 13.3. The fraction of sp³-hybridized carbons (Fsp3) is 0.412. The van der Waals surface area contributed by atoms with E-state index < -0.39 is 5.97 Å². The molecular weight excluding hydrogens is 315 g/mol. The number of piperidine rings is 1. The molecule has 1 fully saturated rings. The average Bonchev–Trinajstić information content (AvgIpc) is 2.97. The first-order valence-corrected chi connectivity index (χ1v) is 7.90. The van der Waals surface area contributed by atoms with Gasteiger partial charge in [-0.25, -0.2) is 4.39 Å². The first kappa shape index (κ1) is 16.4. The number of nitrogens with zero attached hydrogens (tertiary/aromatic N) is 1. The van der Waals surface area contributed by atoms with Crippen LogP contribution >= 0.6 is 0 Å². The van der Waals surface area contributed by atoms with Crippen LogP contribution in [0.4, 0.5) is 4.39 Å². The van der Waals surface area contributed by atoms with Crippen molar-refractivity contribution in [3.05, 3.63) is 57.8 Å². The molecule has 0 amide bonds. The number of carbonyl (C=O) groups is 1. The number of nitrogens with one attached hydrogen (secondary N) is 1. The number of hydrogen-bond acceptors (Lipinski definition) is 5. The van der Waals surface area contributed by atoms with E-state index in [0.29, 0.717) is 37.1 Å². The van der Waals surface area contributed by atoms with Crippen LogP contribution < -0.4 is 5.56 Å². The molecule has 0 aliphatic carbocycles. The second-order valence-electron chi connectivity index (χ2n) is 6.01. The Bertz CT molecular complexity index is 770. The van der Waals surface area contributed by atoms with Crippen molar-refractivity contribution in [2.75, 3.05) is 6.54 Å². The monoisotopic (exact) mass is 334 g/mol. The number of rotatable bonds is 4. The second-order valence-corrected chi connectivity index (χ2v) is 6.01. The summed E-state index contributed by atoms with van der Waals surface area (Å²) in [6.45, 7) is 1.84. The predicted octanol–water partition coefficient (Wildman–Crippen LogP) is 2.38. The summed E-state index contributed by atoms with van der Waals surface area (Å²) in [4.78, 5) is 27.9. The zero-order valence-electron chi connectivity index (χ0n) is 13.3. The van der Waals surface area contributed by atoms with Crippen molar-refractivity contribution < 1.29 is 18.5 Å². The molecule has 0 saturated carbocycles. The third-order valence-electron chi connectivity index (χ3n) is 4.27. The molecule has 2 aromatic rings. The van der Waals surface area contributed by atoms with E-state index in [4.69, 9.17) is 9.36 Å². The fourth-order valence-corrected chi connectivity index (χ4v) is 3.17. The van der Waals surface area contributed by atoms with E-state index in [2.05, 4.69) is 5.16 Å². The molecule has 1 aliphatic rings. The molecule has 0 radical (unpaired) electrons. The van der Waals surface area contributed by atoms with Gasteiger partial charge in [0.25, 0.3) is 5.56 Å². The number of benzene rings is 1. The van der Waals surface area contributed by atoms with E-state index >= 15 is 0 Å². The quantitative estimate of drug-likeness (QED) is 0.929. The molecule has 2 atom stereocenters. The first-order chi connectivity index (χ1) is 11.5. The largest absolute Gasteiger partial charge is 0.383 e. The van der Waals surface area contributed by atoms with Crippen LogP contribution in [0.25, 0.3) is 0 Å². The summed E-state index contributed by atoms with van der Waals surface area (Å²) in [6.07, 6.45) is 1.69. The van der Waals surface area contributed by atoms with Crippen molar-refractivity contribution in [3.8, 4) is 0 Å². The van der Waals surface area contributed by atoms with Crippen LogP contribution in [0.3, 0.4) is 0 Å². The normalized spacial score (nSPS) is 21.6. The lowest BCUT2D eigenvalue weighted by Gasteiger charge is -2.36. The van der Waals surface area contributed by atoms with Crippen molar-refractivity contribution in [1.29, 1.82) is 0 Å². The van der Waals surface area contributed by atoms with Gasteiger partial charge in [0.15, 0.2) is 0 Å². The summed E-state index contributed by atoms with van der Waals surface area (Å²) in [6, 6.07) is 7.80. The first-order valence-electron chi connectivity index (χ1n) is 7.90. The number of aromatic amines is 1. The topological polar surface area (TPSA) is 75.5 Å². The number of hydroxylamine groups is 2. The highest BCUT2D eigenvalue weighted by atomic mass is 19.1. The minimum atomic E-state index is -0.403. The molecule has 0 spiro atoms. The van der Waals surface area contributed by atoms with E-state index in [-0.39, 0.29) is 23.3 Å². The maximum atomic E-state index is 14.0. The molecule has 24 heavy (non-hydrogen) atoms. The molecule has 2 heterocycles. The lowest BCUT2D eigenvalue weighted by molar-refractivity contribution is -0.207. The Morgan fingerprint density at radius 3 is 2.92 bits per heavy atom. The van der Waals surface area contributed by atoms with E-state index in [1.165, 1.54) is 19.1 Å². The Kier molecular flexibility index (Phi) is 4.80. The molecule has 3 rings (SSSR count). The number of H-pyrrole nitrogens is 1. The molecule has 1 saturated heterocycles. The second kappa shape index (κ2) is 7.00. The maximum Gasteiger partial charge on any atom is 0.322 e. The van der Waals surface area contributed by atoms with Crippen molar-refractivity contribution in [1.82, 2.24) is 10.2 Å². The van der Waals surface area contributed by atoms with Gasteiger partial charge in [0.2, 0.25) is 0 Å². The Morgan fingerprint density at radius 2 is 2.25 bits per heavy atom. The summed E-state index contributed by atoms with van der Waals surface area (Å²) in [5.74, 6) is -0.0794.